The zero-order chi connectivity index (χ0) is 17.0. The molecule has 0 radical (unpaired) electrons. The first-order valence-electron chi connectivity index (χ1n) is 6.42. The highest BCUT2D eigenvalue weighted by molar-refractivity contribution is 6.33. The Morgan fingerprint density at radius 1 is 1.09 bits per heavy atom. The van der Waals surface area contributed by atoms with E-state index in [-0.39, 0.29) is 22.9 Å². The Labute approximate surface area is 134 Å². The van der Waals surface area contributed by atoms with Gasteiger partial charge in [-0.05, 0) is 30.3 Å². The Bertz CT molecular complexity index is 719. The van der Waals surface area contributed by atoms with Crippen molar-refractivity contribution in [3.8, 4) is 0 Å². The van der Waals surface area contributed by atoms with Crippen molar-refractivity contribution in [2.75, 3.05) is 17.2 Å². The van der Waals surface area contributed by atoms with Crippen molar-refractivity contribution in [3.63, 3.8) is 0 Å². The summed E-state index contributed by atoms with van der Waals surface area (Å²) in [5.41, 5.74) is -0.946. The van der Waals surface area contributed by atoms with E-state index in [1.54, 1.807) is 0 Å². The van der Waals surface area contributed by atoms with Crippen LogP contribution in [-0.2, 0) is 11.0 Å². The molecule has 2 aromatic carbocycles. The summed E-state index contributed by atoms with van der Waals surface area (Å²) in [7, 11) is 0. The molecule has 8 heteroatoms. The van der Waals surface area contributed by atoms with Crippen LogP contribution in [0.4, 0.5) is 28.9 Å². The molecule has 0 saturated carbocycles. The Balaban J connectivity index is 2.03. The maximum atomic E-state index is 13.4. The van der Waals surface area contributed by atoms with Crippen molar-refractivity contribution in [1.82, 2.24) is 0 Å². The normalized spacial score (nSPS) is 11.2. The van der Waals surface area contributed by atoms with Crippen LogP contribution in [0.1, 0.15) is 5.56 Å². The van der Waals surface area contributed by atoms with Crippen molar-refractivity contribution in [2.24, 2.45) is 0 Å². The molecular formula is C15H11ClF4N2O. The van der Waals surface area contributed by atoms with Gasteiger partial charge < -0.3 is 10.6 Å². The fraction of sp³-hybridized carbons (Fsp3) is 0.133. The third-order valence-electron chi connectivity index (χ3n) is 2.88. The minimum atomic E-state index is -4.52. The number of hydrogen-bond acceptors (Lipinski definition) is 2. The van der Waals surface area contributed by atoms with Crippen molar-refractivity contribution in [2.45, 2.75) is 6.18 Å². The molecule has 0 aliphatic carbocycles. The molecule has 0 unspecified atom stereocenters. The summed E-state index contributed by atoms with van der Waals surface area (Å²) in [5.74, 6) is -1.23. The number of amides is 1. The maximum absolute atomic E-state index is 13.4. The van der Waals surface area contributed by atoms with Gasteiger partial charge in [-0.3, -0.25) is 4.79 Å². The van der Waals surface area contributed by atoms with Crippen LogP contribution in [0, 0.1) is 5.82 Å². The fourth-order valence-electron chi connectivity index (χ4n) is 1.77. The van der Waals surface area contributed by atoms with Gasteiger partial charge in [0.05, 0.1) is 28.5 Å². The molecule has 0 bridgehead atoms. The van der Waals surface area contributed by atoms with Gasteiger partial charge in [0.15, 0.2) is 0 Å². The maximum Gasteiger partial charge on any atom is 0.416 e. The number of nitrogens with one attached hydrogen (secondary N) is 2. The molecular weight excluding hydrogens is 336 g/mol. The fourth-order valence-corrected chi connectivity index (χ4v) is 1.95. The molecule has 2 aromatic rings. The minimum Gasteiger partial charge on any atom is -0.375 e. The first-order valence-corrected chi connectivity index (χ1v) is 6.80. The molecule has 0 aliphatic rings. The van der Waals surface area contributed by atoms with E-state index in [0.29, 0.717) is 0 Å². The van der Waals surface area contributed by atoms with Gasteiger partial charge in [-0.2, -0.15) is 13.2 Å². The van der Waals surface area contributed by atoms with Gasteiger partial charge in [-0.25, -0.2) is 4.39 Å². The lowest BCUT2D eigenvalue weighted by Crippen LogP contribution is -2.22. The van der Waals surface area contributed by atoms with Crippen molar-refractivity contribution < 1.29 is 22.4 Å². The highest BCUT2D eigenvalue weighted by Gasteiger charge is 2.30. The third kappa shape index (κ3) is 4.59. The highest BCUT2D eigenvalue weighted by Crippen LogP contribution is 2.33. The van der Waals surface area contributed by atoms with Gasteiger partial charge in [0, 0.05) is 0 Å². The summed E-state index contributed by atoms with van der Waals surface area (Å²) >= 11 is 5.79. The predicted molar refractivity (Wildman–Crippen MR) is 80.0 cm³/mol. The third-order valence-corrected chi connectivity index (χ3v) is 3.21. The lowest BCUT2D eigenvalue weighted by atomic mass is 10.2. The van der Waals surface area contributed by atoms with E-state index in [1.165, 1.54) is 24.3 Å². The number of rotatable bonds is 4. The van der Waals surface area contributed by atoms with E-state index >= 15 is 0 Å². The summed E-state index contributed by atoms with van der Waals surface area (Å²) in [5, 5.41) is 4.84. The van der Waals surface area contributed by atoms with Gasteiger partial charge in [-0.1, -0.05) is 23.7 Å². The van der Waals surface area contributed by atoms with Crippen molar-refractivity contribution in [3.05, 3.63) is 58.9 Å². The van der Waals surface area contributed by atoms with Crippen LogP contribution in [0.25, 0.3) is 0 Å². The smallest absolute Gasteiger partial charge is 0.375 e. The predicted octanol–water partition coefficient (Wildman–Crippen LogP) is 4.55. The number of alkyl halides is 3. The Morgan fingerprint density at radius 2 is 1.78 bits per heavy atom. The lowest BCUT2D eigenvalue weighted by molar-refractivity contribution is -0.137. The Kier molecular flexibility index (Phi) is 5.10. The van der Waals surface area contributed by atoms with E-state index in [1.807, 2.05) is 0 Å². The molecule has 1 amide bonds. The van der Waals surface area contributed by atoms with Gasteiger partial charge in [0.25, 0.3) is 0 Å². The molecule has 0 aromatic heterocycles. The first-order chi connectivity index (χ1) is 10.8. The number of anilines is 2. The van der Waals surface area contributed by atoms with Gasteiger partial charge in [-0.15, -0.1) is 0 Å². The molecule has 2 rings (SSSR count). The molecule has 0 spiro atoms. The van der Waals surface area contributed by atoms with E-state index in [9.17, 15) is 22.4 Å². The highest BCUT2D eigenvalue weighted by atomic mass is 35.5. The number of carbonyl (C=O) groups is 1. The Hall–Kier alpha value is -2.28. The second-order valence-corrected chi connectivity index (χ2v) is 4.98. The summed E-state index contributed by atoms with van der Waals surface area (Å²) < 4.78 is 51.3. The van der Waals surface area contributed by atoms with Crippen LogP contribution in [0.3, 0.4) is 0 Å². The van der Waals surface area contributed by atoms with Crippen LogP contribution in [0.2, 0.25) is 5.02 Å². The molecule has 3 nitrogen and oxygen atoms in total. The summed E-state index contributed by atoms with van der Waals surface area (Å²) in [4.78, 5) is 11.7. The lowest BCUT2D eigenvalue weighted by Gasteiger charge is -2.12. The number of benzene rings is 2. The van der Waals surface area contributed by atoms with Crippen molar-refractivity contribution >= 4 is 28.9 Å². The molecule has 122 valence electrons. The zero-order valence-electron chi connectivity index (χ0n) is 11.5. The minimum absolute atomic E-state index is 0.0190. The van der Waals surface area contributed by atoms with Gasteiger partial charge in [0.2, 0.25) is 5.91 Å². The van der Waals surface area contributed by atoms with E-state index in [0.717, 1.165) is 18.2 Å². The average molecular weight is 347 g/mol. The molecule has 0 heterocycles. The molecule has 0 fully saturated rings. The van der Waals surface area contributed by atoms with Crippen LogP contribution >= 0.6 is 11.6 Å². The molecule has 2 N–H and O–H groups in total. The second-order valence-electron chi connectivity index (χ2n) is 4.57. The second kappa shape index (κ2) is 6.87. The molecule has 0 saturated heterocycles. The molecule has 23 heavy (non-hydrogen) atoms. The van der Waals surface area contributed by atoms with Crippen LogP contribution in [0.5, 0.6) is 0 Å². The monoisotopic (exact) mass is 346 g/mol. The number of para-hydroxylation sites is 1. The average Bonchev–Trinajstić information content (AvgIpc) is 2.47. The van der Waals surface area contributed by atoms with Crippen LogP contribution in [0.15, 0.2) is 42.5 Å². The molecule has 0 aliphatic heterocycles. The summed E-state index contributed by atoms with van der Waals surface area (Å²) in [6, 6.07) is 8.27. The first kappa shape index (κ1) is 17.1. The number of carbonyl (C=O) groups excluding carboxylic acids is 1. The van der Waals surface area contributed by atoms with Crippen molar-refractivity contribution in [1.29, 1.82) is 0 Å². The molecule has 0 atom stereocenters. The summed E-state index contributed by atoms with van der Waals surface area (Å²) in [6.45, 7) is -0.366. The number of hydrogen-bond donors (Lipinski definition) is 2. The standard InChI is InChI=1S/C15H11ClF4N2O/c16-10-6-5-9(15(18,19)20)7-13(10)21-8-14(23)22-12-4-2-1-3-11(12)17/h1-7,21H,8H2,(H,22,23). The van der Waals surface area contributed by atoms with E-state index < -0.39 is 23.5 Å². The largest absolute Gasteiger partial charge is 0.416 e. The zero-order valence-corrected chi connectivity index (χ0v) is 12.3. The quantitative estimate of drug-likeness (QED) is 0.797. The number of halogens is 5. The van der Waals surface area contributed by atoms with E-state index in [4.69, 9.17) is 11.6 Å². The summed E-state index contributed by atoms with van der Waals surface area (Å²) in [6.07, 6.45) is -4.52. The van der Waals surface area contributed by atoms with Gasteiger partial charge in [0.1, 0.15) is 5.82 Å². The Morgan fingerprint density at radius 3 is 2.43 bits per heavy atom. The van der Waals surface area contributed by atoms with Crippen LogP contribution < -0.4 is 10.6 Å². The topological polar surface area (TPSA) is 41.1 Å². The van der Waals surface area contributed by atoms with Gasteiger partial charge >= 0.3 is 6.18 Å². The van der Waals surface area contributed by atoms with Crippen LogP contribution in [-0.4, -0.2) is 12.5 Å². The SMILES string of the molecule is O=C(CNc1cc(C(F)(F)F)ccc1Cl)Nc1ccccc1F. The van der Waals surface area contributed by atoms with E-state index in [2.05, 4.69) is 10.6 Å².